The van der Waals surface area contributed by atoms with Gasteiger partial charge in [-0.25, -0.2) is 4.79 Å². The number of rotatable bonds is 8. The van der Waals surface area contributed by atoms with Crippen LogP contribution in [0.1, 0.15) is 44.2 Å². The predicted molar refractivity (Wildman–Crippen MR) is 130 cm³/mol. The van der Waals surface area contributed by atoms with Crippen LogP contribution in [0.5, 0.6) is 5.75 Å². The Labute approximate surface area is 199 Å². The van der Waals surface area contributed by atoms with Gasteiger partial charge in [-0.3, -0.25) is 4.79 Å². The van der Waals surface area contributed by atoms with Crippen LogP contribution in [0.15, 0.2) is 35.7 Å². The monoisotopic (exact) mass is 477 g/mol. The number of ether oxygens (including phenoxy) is 1. The third-order valence-electron chi connectivity index (χ3n) is 5.25. The molecule has 0 bridgehead atoms. The molecule has 3 rings (SSSR count). The zero-order chi connectivity index (χ0) is 23.3. The normalized spacial score (nSPS) is 15.6. The van der Waals surface area contributed by atoms with E-state index in [9.17, 15) is 9.59 Å². The van der Waals surface area contributed by atoms with Crippen LogP contribution in [0, 0.1) is 5.92 Å². The van der Waals surface area contributed by atoms with Crippen LogP contribution in [0.25, 0.3) is 0 Å². The number of halogens is 1. The molecule has 1 aromatic carbocycles. The first-order chi connectivity index (χ1) is 15.2. The second-order valence-electron chi connectivity index (χ2n) is 8.80. The first kappa shape index (κ1) is 24.4. The highest BCUT2D eigenvalue weighted by Gasteiger charge is 2.33. The van der Waals surface area contributed by atoms with Gasteiger partial charge in [0, 0.05) is 29.0 Å². The Bertz CT molecular complexity index is 913. The van der Waals surface area contributed by atoms with Gasteiger partial charge in [0.1, 0.15) is 18.9 Å². The van der Waals surface area contributed by atoms with E-state index in [0.29, 0.717) is 30.5 Å². The van der Waals surface area contributed by atoms with Crippen molar-refractivity contribution in [3.8, 4) is 5.75 Å². The van der Waals surface area contributed by atoms with E-state index < -0.39 is 0 Å². The van der Waals surface area contributed by atoms with Crippen molar-refractivity contribution in [2.45, 2.75) is 46.2 Å². The maximum atomic E-state index is 13.4. The molecule has 0 saturated carbocycles. The summed E-state index contributed by atoms with van der Waals surface area (Å²) in [4.78, 5) is 30.9. The van der Waals surface area contributed by atoms with E-state index in [1.54, 1.807) is 28.4 Å². The number of carbonyl (C=O) groups excluding carboxylic acids is 2. The minimum atomic E-state index is -0.204. The van der Waals surface area contributed by atoms with Crippen molar-refractivity contribution < 1.29 is 14.3 Å². The number of fused-ring (bicyclic) bond motifs is 1. The van der Waals surface area contributed by atoms with Gasteiger partial charge in [0.05, 0.1) is 6.04 Å². The largest absolute Gasteiger partial charge is 0.491 e. The lowest BCUT2D eigenvalue weighted by atomic mass is 10.0. The lowest BCUT2D eigenvalue weighted by Gasteiger charge is -2.37. The molecule has 1 atom stereocenters. The Morgan fingerprint density at radius 2 is 1.94 bits per heavy atom. The molecule has 2 aromatic rings. The first-order valence-corrected chi connectivity index (χ1v) is 12.3. The quantitative estimate of drug-likeness (QED) is 0.583. The number of hydrogen-bond acceptors (Lipinski definition) is 4. The molecule has 2 heterocycles. The van der Waals surface area contributed by atoms with Crippen molar-refractivity contribution in [1.29, 1.82) is 0 Å². The molecule has 0 aliphatic carbocycles. The molecule has 0 spiro atoms. The standard InChI is InChI=1S/C24H32ClN3O3S/c1-16(2)13-27(24(30)26-17(3)4)14-23(29)28-11-9-22-20(10-12-32-22)21(28)15-31-19-7-5-18(25)6-8-19/h5-8,10,12,16-17,21H,9,11,13-15H2,1-4H3,(H,26,30). The smallest absolute Gasteiger partial charge is 0.318 e. The number of nitrogens with zero attached hydrogens (tertiary/aromatic N) is 2. The molecule has 8 heteroatoms. The van der Waals surface area contributed by atoms with Gasteiger partial charge in [0.2, 0.25) is 5.91 Å². The van der Waals surface area contributed by atoms with Gasteiger partial charge in [-0.15, -0.1) is 11.3 Å². The van der Waals surface area contributed by atoms with Crippen LogP contribution in [-0.2, 0) is 11.2 Å². The minimum Gasteiger partial charge on any atom is -0.491 e. The van der Waals surface area contributed by atoms with Crippen molar-refractivity contribution in [3.63, 3.8) is 0 Å². The highest BCUT2D eigenvalue weighted by atomic mass is 35.5. The average molecular weight is 478 g/mol. The Hall–Kier alpha value is -2.25. The molecular weight excluding hydrogens is 446 g/mol. The van der Waals surface area contributed by atoms with Crippen molar-refractivity contribution in [1.82, 2.24) is 15.1 Å². The fourth-order valence-electron chi connectivity index (χ4n) is 3.83. The second kappa shape index (κ2) is 11.1. The molecule has 0 fully saturated rings. The van der Waals surface area contributed by atoms with Crippen molar-refractivity contribution in [3.05, 3.63) is 51.2 Å². The molecule has 0 radical (unpaired) electrons. The zero-order valence-corrected chi connectivity index (χ0v) is 20.7. The second-order valence-corrected chi connectivity index (χ2v) is 10.2. The topological polar surface area (TPSA) is 61.9 Å². The van der Waals surface area contributed by atoms with Crippen molar-refractivity contribution in [2.24, 2.45) is 5.92 Å². The summed E-state index contributed by atoms with van der Waals surface area (Å²) in [5, 5.41) is 5.63. The van der Waals surface area contributed by atoms with E-state index in [4.69, 9.17) is 16.3 Å². The molecule has 0 saturated heterocycles. The first-order valence-electron chi connectivity index (χ1n) is 11.0. The minimum absolute atomic E-state index is 0.0103. The molecule has 1 unspecified atom stereocenters. The number of urea groups is 1. The average Bonchev–Trinajstić information content (AvgIpc) is 3.20. The van der Waals surface area contributed by atoms with E-state index >= 15 is 0 Å². The van der Waals surface area contributed by atoms with Crippen LogP contribution in [-0.4, -0.2) is 54.0 Å². The highest BCUT2D eigenvalue weighted by molar-refractivity contribution is 7.10. The predicted octanol–water partition coefficient (Wildman–Crippen LogP) is 4.98. The highest BCUT2D eigenvalue weighted by Crippen LogP contribution is 2.34. The van der Waals surface area contributed by atoms with Gasteiger partial charge in [-0.2, -0.15) is 0 Å². The van der Waals surface area contributed by atoms with Crippen LogP contribution < -0.4 is 10.1 Å². The Kier molecular flexibility index (Phi) is 8.43. The lowest BCUT2D eigenvalue weighted by molar-refractivity contribution is -0.135. The third kappa shape index (κ3) is 6.39. The number of amides is 3. The van der Waals surface area contributed by atoms with Crippen LogP contribution in [0.4, 0.5) is 4.79 Å². The molecule has 1 aromatic heterocycles. The SMILES string of the molecule is CC(C)CN(CC(=O)N1CCc2sccc2C1COc1ccc(Cl)cc1)C(=O)NC(C)C. The number of benzene rings is 1. The summed E-state index contributed by atoms with van der Waals surface area (Å²) < 4.78 is 6.04. The fraction of sp³-hybridized carbons (Fsp3) is 0.500. The summed E-state index contributed by atoms with van der Waals surface area (Å²) in [6, 6.07) is 8.91. The van der Waals surface area contributed by atoms with Gasteiger partial charge in [0.15, 0.2) is 0 Å². The van der Waals surface area contributed by atoms with E-state index in [0.717, 1.165) is 12.0 Å². The Balaban J connectivity index is 1.75. The molecule has 174 valence electrons. The summed E-state index contributed by atoms with van der Waals surface area (Å²) in [6.45, 7) is 9.45. The number of carbonyl (C=O) groups is 2. The molecule has 1 aliphatic heterocycles. The van der Waals surface area contributed by atoms with Gasteiger partial charge in [0.25, 0.3) is 0 Å². The molecule has 3 amide bonds. The fourth-order valence-corrected chi connectivity index (χ4v) is 4.89. The van der Waals surface area contributed by atoms with Crippen LogP contribution >= 0.6 is 22.9 Å². The summed E-state index contributed by atoms with van der Waals surface area (Å²) in [5.41, 5.74) is 1.13. The van der Waals surface area contributed by atoms with Crippen molar-refractivity contribution >= 4 is 34.9 Å². The van der Waals surface area contributed by atoms with E-state index in [1.165, 1.54) is 4.88 Å². The van der Waals surface area contributed by atoms with Gasteiger partial charge in [-0.1, -0.05) is 25.4 Å². The number of nitrogens with one attached hydrogen (secondary N) is 1. The molecule has 6 nitrogen and oxygen atoms in total. The molecule has 1 aliphatic rings. The summed E-state index contributed by atoms with van der Waals surface area (Å²) in [6.07, 6.45) is 0.818. The van der Waals surface area contributed by atoms with Gasteiger partial charge >= 0.3 is 6.03 Å². The molecular formula is C24H32ClN3O3S. The summed E-state index contributed by atoms with van der Waals surface area (Å²) in [5.74, 6) is 0.905. The lowest BCUT2D eigenvalue weighted by Crippen LogP contribution is -2.51. The Morgan fingerprint density at radius 3 is 2.59 bits per heavy atom. The van der Waals surface area contributed by atoms with E-state index in [2.05, 4.69) is 16.8 Å². The van der Waals surface area contributed by atoms with E-state index in [1.807, 2.05) is 44.7 Å². The van der Waals surface area contributed by atoms with Gasteiger partial charge < -0.3 is 19.9 Å². The summed E-state index contributed by atoms with van der Waals surface area (Å²) >= 11 is 7.69. The molecule has 1 N–H and O–H groups in total. The number of hydrogen-bond donors (Lipinski definition) is 1. The van der Waals surface area contributed by atoms with Crippen molar-refractivity contribution in [2.75, 3.05) is 26.2 Å². The zero-order valence-electron chi connectivity index (χ0n) is 19.1. The maximum absolute atomic E-state index is 13.4. The third-order valence-corrected chi connectivity index (χ3v) is 6.50. The molecule has 32 heavy (non-hydrogen) atoms. The number of thiophene rings is 1. The van der Waals surface area contributed by atoms with Gasteiger partial charge in [-0.05, 0) is 67.5 Å². The van der Waals surface area contributed by atoms with E-state index in [-0.39, 0.29) is 36.5 Å². The summed E-state index contributed by atoms with van der Waals surface area (Å²) in [7, 11) is 0. The van der Waals surface area contributed by atoms with Crippen LogP contribution in [0.2, 0.25) is 5.02 Å². The Morgan fingerprint density at radius 1 is 1.22 bits per heavy atom. The maximum Gasteiger partial charge on any atom is 0.318 e. The van der Waals surface area contributed by atoms with Crippen LogP contribution in [0.3, 0.4) is 0 Å².